The van der Waals surface area contributed by atoms with E-state index >= 15 is 0 Å². The molecule has 3 heteroatoms. The monoisotopic (exact) mass is 249 g/mol. The summed E-state index contributed by atoms with van der Waals surface area (Å²) in [5.74, 6) is 1.94. The predicted molar refractivity (Wildman–Crippen MR) is 72.9 cm³/mol. The first kappa shape index (κ1) is 13.2. The smallest absolute Gasteiger partial charge is 0.123 e. The first-order valence-corrected chi connectivity index (χ1v) is 6.82. The molecule has 1 fully saturated rings. The van der Waals surface area contributed by atoms with Crippen LogP contribution in [0.15, 0.2) is 18.2 Å². The van der Waals surface area contributed by atoms with Crippen LogP contribution < -0.4 is 10.1 Å². The molecule has 0 radical (unpaired) electrons. The van der Waals surface area contributed by atoms with E-state index in [-0.39, 0.29) is 0 Å². The van der Waals surface area contributed by atoms with E-state index in [0.29, 0.717) is 17.5 Å². The molecular weight excluding hydrogens is 226 g/mol. The zero-order chi connectivity index (χ0) is 13.0. The van der Waals surface area contributed by atoms with Gasteiger partial charge in [-0.15, -0.1) is 0 Å². The molecule has 0 aliphatic heterocycles. The highest BCUT2D eigenvalue weighted by Crippen LogP contribution is 2.34. The molecule has 3 nitrogen and oxygen atoms in total. The predicted octanol–water partition coefficient (Wildman–Crippen LogP) is 3.07. The number of hydrogen-bond donors (Lipinski definition) is 2. The molecule has 1 aliphatic rings. The maximum absolute atomic E-state index is 9.88. The van der Waals surface area contributed by atoms with E-state index in [2.05, 4.69) is 12.2 Å². The molecule has 2 N–H and O–H groups in total. The third-order valence-electron chi connectivity index (χ3n) is 3.68. The van der Waals surface area contributed by atoms with E-state index in [0.717, 1.165) is 24.4 Å². The fourth-order valence-corrected chi connectivity index (χ4v) is 2.22. The summed E-state index contributed by atoms with van der Waals surface area (Å²) in [7, 11) is 1.61. The number of nitrogens with one attached hydrogen (secondary N) is 1. The van der Waals surface area contributed by atoms with Crippen molar-refractivity contribution in [1.82, 2.24) is 5.32 Å². The van der Waals surface area contributed by atoms with Crippen molar-refractivity contribution in [2.45, 2.75) is 45.2 Å². The van der Waals surface area contributed by atoms with Crippen LogP contribution >= 0.6 is 0 Å². The minimum atomic E-state index is 0.308. The van der Waals surface area contributed by atoms with Crippen molar-refractivity contribution < 1.29 is 9.84 Å². The SMILES string of the molecule is CCC(CC1CC1)NCc1ccc(OC)cc1O. The van der Waals surface area contributed by atoms with E-state index in [1.165, 1.54) is 19.3 Å². The van der Waals surface area contributed by atoms with Crippen LogP contribution in [0.25, 0.3) is 0 Å². The van der Waals surface area contributed by atoms with Gasteiger partial charge in [0.1, 0.15) is 11.5 Å². The summed E-state index contributed by atoms with van der Waals surface area (Å²) < 4.78 is 5.08. The van der Waals surface area contributed by atoms with Crippen molar-refractivity contribution in [3.8, 4) is 11.5 Å². The number of phenolic OH excluding ortho intramolecular Hbond substituents is 1. The molecule has 1 atom stereocenters. The van der Waals surface area contributed by atoms with Gasteiger partial charge in [-0.25, -0.2) is 0 Å². The fourth-order valence-electron chi connectivity index (χ4n) is 2.22. The Kier molecular flexibility index (Phi) is 4.48. The highest BCUT2D eigenvalue weighted by atomic mass is 16.5. The Labute approximate surface area is 109 Å². The first-order valence-electron chi connectivity index (χ1n) is 6.82. The van der Waals surface area contributed by atoms with E-state index in [1.807, 2.05) is 12.1 Å². The van der Waals surface area contributed by atoms with E-state index in [4.69, 9.17) is 4.74 Å². The molecule has 100 valence electrons. The second-order valence-corrected chi connectivity index (χ2v) is 5.16. The number of rotatable bonds is 7. The molecule has 2 rings (SSSR count). The summed E-state index contributed by atoms with van der Waals surface area (Å²) in [4.78, 5) is 0. The van der Waals surface area contributed by atoms with E-state index in [9.17, 15) is 5.11 Å². The van der Waals surface area contributed by atoms with Gasteiger partial charge in [-0.2, -0.15) is 0 Å². The van der Waals surface area contributed by atoms with Crippen LogP contribution in [0.3, 0.4) is 0 Å². The van der Waals surface area contributed by atoms with Gasteiger partial charge in [0.05, 0.1) is 7.11 Å². The summed E-state index contributed by atoms with van der Waals surface area (Å²) in [5, 5.41) is 13.4. The molecule has 1 saturated carbocycles. The molecule has 1 aliphatic carbocycles. The largest absolute Gasteiger partial charge is 0.507 e. The van der Waals surface area contributed by atoms with Crippen molar-refractivity contribution in [2.75, 3.05) is 7.11 Å². The normalized spacial score (nSPS) is 16.6. The highest BCUT2D eigenvalue weighted by Gasteiger charge is 2.24. The number of phenols is 1. The minimum absolute atomic E-state index is 0.308. The van der Waals surface area contributed by atoms with Crippen LogP contribution in [0.1, 0.15) is 38.2 Å². The molecule has 1 aromatic rings. The Morgan fingerprint density at radius 3 is 2.78 bits per heavy atom. The van der Waals surface area contributed by atoms with Crippen LogP contribution in [-0.2, 0) is 6.54 Å². The Morgan fingerprint density at radius 2 is 2.22 bits per heavy atom. The summed E-state index contributed by atoms with van der Waals surface area (Å²) in [6, 6.07) is 6.04. The Balaban J connectivity index is 1.87. The lowest BCUT2D eigenvalue weighted by atomic mass is 10.1. The minimum Gasteiger partial charge on any atom is -0.507 e. The molecule has 18 heavy (non-hydrogen) atoms. The quantitative estimate of drug-likeness (QED) is 0.780. The van der Waals surface area contributed by atoms with Crippen molar-refractivity contribution in [1.29, 1.82) is 0 Å². The Bertz CT molecular complexity index is 388. The van der Waals surface area contributed by atoms with Crippen LogP contribution in [0, 0.1) is 5.92 Å². The molecule has 0 amide bonds. The van der Waals surface area contributed by atoms with Crippen molar-refractivity contribution in [3.63, 3.8) is 0 Å². The fraction of sp³-hybridized carbons (Fsp3) is 0.600. The molecule has 0 saturated heterocycles. The molecule has 0 bridgehead atoms. The van der Waals surface area contributed by atoms with Gasteiger partial charge in [0.15, 0.2) is 0 Å². The summed E-state index contributed by atoms with van der Waals surface area (Å²) in [5.41, 5.74) is 0.935. The Morgan fingerprint density at radius 1 is 1.44 bits per heavy atom. The second-order valence-electron chi connectivity index (χ2n) is 5.16. The first-order chi connectivity index (χ1) is 8.72. The number of aromatic hydroxyl groups is 1. The molecule has 0 spiro atoms. The summed E-state index contributed by atoms with van der Waals surface area (Å²) in [6.45, 7) is 2.94. The highest BCUT2D eigenvalue weighted by molar-refractivity contribution is 5.39. The van der Waals surface area contributed by atoms with Gasteiger partial charge in [-0.1, -0.05) is 25.8 Å². The van der Waals surface area contributed by atoms with Gasteiger partial charge < -0.3 is 15.2 Å². The van der Waals surface area contributed by atoms with Gasteiger partial charge in [-0.05, 0) is 24.8 Å². The average molecular weight is 249 g/mol. The number of ether oxygens (including phenoxy) is 1. The van der Waals surface area contributed by atoms with Gasteiger partial charge >= 0.3 is 0 Å². The van der Waals surface area contributed by atoms with Crippen molar-refractivity contribution >= 4 is 0 Å². The number of benzene rings is 1. The summed E-state index contributed by atoms with van der Waals surface area (Å²) >= 11 is 0. The maximum atomic E-state index is 9.88. The topological polar surface area (TPSA) is 41.5 Å². The lowest BCUT2D eigenvalue weighted by Gasteiger charge is -2.17. The average Bonchev–Trinajstić information content (AvgIpc) is 3.19. The van der Waals surface area contributed by atoms with Gasteiger partial charge in [0.2, 0.25) is 0 Å². The Hall–Kier alpha value is -1.22. The van der Waals surface area contributed by atoms with Crippen LogP contribution in [-0.4, -0.2) is 18.3 Å². The molecule has 1 unspecified atom stereocenters. The zero-order valence-corrected chi connectivity index (χ0v) is 11.3. The number of hydrogen-bond acceptors (Lipinski definition) is 3. The van der Waals surface area contributed by atoms with Gasteiger partial charge in [0, 0.05) is 24.2 Å². The molecule has 0 aromatic heterocycles. The summed E-state index contributed by atoms with van der Waals surface area (Å²) in [6.07, 6.45) is 5.21. The lowest BCUT2D eigenvalue weighted by Crippen LogP contribution is -2.28. The number of methoxy groups -OCH3 is 1. The lowest BCUT2D eigenvalue weighted by molar-refractivity contribution is 0.403. The maximum Gasteiger partial charge on any atom is 0.123 e. The third-order valence-corrected chi connectivity index (χ3v) is 3.68. The van der Waals surface area contributed by atoms with Crippen LogP contribution in [0.2, 0.25) is 0 Å². The van der Waals surface area contributed by atoms with Gasteiger partial charge in [0.25, 0.3) is 0 Å². The zero-order valence-electron chi connectivity index (χ0n) is 11.3. The second kappa shape index (κ2) is 6.10. The van der Waals surface area contributed by atoms with Crippen LogP contribution in [0.4, 0.5) is 0 Å². The van der Waals surface area contributed by atoms with Crippen molar-refractivity contribution in [2.24, 2.45) is 5.92 Å². The van der Waals surface area contributed by atoms with E-state index < -0.39 is 0 Å². The third kappa shape index (κ3) is 3.64. The molecule has 1 aromatic carbocycles. The molecular formula is C15H23NO2. The van der Waals surface area contributed by atoms with Gasteiger partial charge in [-0.3, -0.25) is 0 Å². The van der Waals surface area contributed by atoms with E-state index in [1.54, 1.807) is 13.2 Å². The van der Waals surface area contributed by atoms with Crippen LogP contribution in [0.5, 0.6) is 11.5 Å². The standard InChI is InChI=1S/C15H23NO2/c1-3-13(8-11-4-5-11)16-10-12-6-7-14(18-2)9-15(12)17/h6-7,9,11,13,16-17H,3-5,8,10H2,1-2H3. The van der Waals surface area contributed by atoms with Crippen molar-refractivity contribution in [3.05, 3.63) is 23.8 Å². The molecule has 0 heterocycles.